The summed E-state index contributed by atoms with van der Waals surface area (Å²) in [5.41, 5.74) is -6.29. The van der Waals surface area contributed by atoms with Gasteiger partial charge in [0.05, 0.1) is 23.3 Å². The van der Waals surface area contributed by atoms with E-state index in [0.717, 1.165) is 20.8 Å². The van der Waals surface area contributed by atoms with Crippen LogP contribution in [0.4, 0.5) is 0 Å². The number of ether oxygens (including phenoxy) is 8. The number of allylic oxidation sites excluding steroid dienone is 1. The van der Waals surface area contributed by atoms with Gasteiger partial charge in [-0.15, -0.1) is 11.6 Å². The Morgan fingerprint density at radius 2 is 1.42 bits per heavy atom. The Hall–Kier alpha value is -4.02. The van der Waals surface area contributed by atoms with E-state index in [-0.39, 0.29) is 36.9 Å². The van der Waals surface area contributed by atoms with Crippen LogP contribution in [0.15, 0.2) is 24.3 Å². The highest BCUT2D eigenvalue weighted by Gasteiger charge is 2.81. The fourth-order valence-corrected chi connectivity index (χ4v) is 8.37. The minimum Gasteiger partial charge on any atom is -0.459 e. The molecule has 0 aromatic heterocycles. The van der Waals surface area contributed by atoms with Crippen molar-refractivity contribution in [2.24, 2.45) is 29.1 Å². The molecule has 12 unspecified atom stereocenters. The average Bonchev–Trinajstić information content (AvgIpc) is 3.81. The second-order valence-corrected chi connectivity index (χ2v) is 16.2. The Labute approximate surface area is 324 Å². The molecule has 12 atom stereocenters. The topological polar surface area (TPSA) is 217 Å². The van der Waals surface area contributed by atoms with Crippen molar-refractivity contribution in [2.45, 2.75) is 128 Å². The molecule has 2 aliphatic carbocycles. The number of fused-ring (bicyclic) bond motifs is 3. The Morgan fingerprint density at radius 1 is 0.873 bits per heavy atom. The summed E-state index contributed by atoms with van der Waals surface area (Å²) in [6, 6.07) is 0. The van der Waals surface area contributed by atoms with E-state index >= 15 is 0 Å². The summed E-state index contributed by atoms with van der Waals surface area (Å²) in [5.74, 6) is -9.46. The standard InChI is InChI=1S/C38H51ClO16/c1-17(2)13-25(43)48-15-27(45)53-24-12-11-19(5)28(39)31-38(47,20(6)35(46)55-31)34(52-23(9)42)30-36(24,10)32(51-22(8)41)29(50-21(7)40)33(37(30)16-49-37)54-26(44)14-18(3)4/h11-12,17-18,20,24,28-34,47H,5,13-16H2,1-4,6-10H3. The number of rotatable bonds is 11. The van der Waals surface area contributed by atoms with Gasteiger partial charge in [0.2, 0.25) is 0 Å². The number of hydrogen-bond acceptors (Lipinski definition) is 16. The van der Waals surface area contributed by atoms with Crippen molar-refractivity contribution >= 4 is 53.4 Å². The summed E-state index contributed by atoms with van der Waals surface area (Å²) < 4.78 is 46.9. The van der Waals surface area contributed by atoms with Crippen LogP contribution in [0.2, 0.25) is 0 Å². The number of halogens is 1. The van der Waals surface area contributed by atoms with E-state index in [1.807, 2.05) is 0 Å². The van der Waals surface area contributed by atoms with Crippen LogP contribution in [-0.4, -0.2) is 113 Å². The van der Waals surface area contributed by atoms with E-state index in [9.17, 15) is 38.7 Å². The van der Waals surface area contributed by atoms with Crippen molar-refractivity contribution in [3.05, 3.63) is 24.3 Å². The van der Waals surface area contributed by atoms with Crippen molar-refractivity contribution in [3.8, 4) is 0 Å². The first kappa shape index (κ1) is 43.7. The van der Waals surface area contributed by atoms with Crippen LogP contribution in [0.1, 0.15) is 75.2 Å². The molecule has 3 fully saturated rings. The van der Waals surface area contributed by atoms with E-state index in [1.54, 1.807) is 27.7 Å². The van der Waals surface area contributed by atoms with Gasteiger partial charge in [0.25, 0.3) is 0 Å². The van der Waals surface area contributed by atoms with Gasteiger partial charge < -0.3 is 43.0 Å². The molecular formula is C38H51ClO16. The zero-order chi connectivity index (χ0) is 41.4. The minimum atomic E-state index is -2.50. The molecule has 4 rings (SSSR count). The third kappa shape index (κ3) is 8.70. The smallest absolute Gasteiger partial charge is 0.344 e. The number of alkyl halides is 1. The molecule has 0 amide bonds. The predicted octanol–water partition coefficient (Wildman–Crippen LogP) is 2.67. The number of carbonyl (C=O) groups is 7. The summed E-state index contributed by atoms with van der Waals surface area (Å²) in [5, 5.41) is 11.6. The maximum Gasteiger partial charge on any atom is 0.344 e. The summed E-state index contributed by atoms with van der Waals surface area (Å²) >= 11 is 6.87. The number of aliphatic hydroxyl groups is 1. The van der Waals surface area contributed by atoms with E-state index in [2.05, 4.69) is 6.58 Å². The molecule has 1 saturated carbocycles. The molecule has 2 aliphatic heterocycles. The lowest BCUT2D eigenvalue weighted by atomic mass is 9.51. The van der Waals surface area contributed by atoms with Crippen LogP contribution < -0.4 is 0 Å². The van der Waals surface area contributed by atoms with Gasteiger partial charge in [0, 0.05) is 39.5 Å². The van der Waals surface area contributed by atoms with Gasteiger partial charge in [0.15, 0.2) is 36.6 Å². The largest absolute Gasteiger partial charge is 0.459 e. The van der Waals surface area contributed by atoms with Crippen molar-refractivity contribution in [1.82, 2.24) is 0 Å². The quantitative estimate of drug-likeness (QED) is 0.138. The minimum absolute atomic E-state index is 0.00545. The lowest BCUT2D eigenvalue weighted by molar-refractivity contribution is -0.281. The molecule has 16 nitrogen and oxygen atoms in total. The first-order valence-electron chi connectivity index (χ1n) is 18.1. The summed E-state index contributed by atoms with van der Waals surface area (Å²) in [4.78, 5) is 91.9. The van der Waals surface area contributed by atoms with Gasteiger partial charge in [-0.05, 0) is 30.4 Å². The van der Waals surface area contributed by atoms with Gasteiger partial charge in [-0.2, -0.15) is 0 Å². The highest BCUT2D eigenvalue weighted by Crippen LogP contribution is 2.63. The second kappa shape index (κ2) is 16.6. The first-order valence-corrected chi connectivity index (χ1v) is 18.6. The van der Waals surface area contributed by atoms with Crippen LogP contribution in [0.25, 0.3) is 0 Å². The SMILES string of the molecule is C=C1C=CC(OC(=O)COC(=O)CC(C)C)C2(C)C(OC(C)=O)C(OC(C)=O)C(OC(=O)CC(C)C)C3(CO3)C2C(OC(C)=O)C2(O)C(C)C(=O)OC2C1Cl. The monoisotopic (exact) mass is 798 g/mol. The lowest BCUT2D eigenvalue weighted by Crippen LogP contribution is -2.76. The predicted molar refractivity (Wildman–Crippen MR) is 188 cm³/mol. The fourth-order valence-electron chi connectivity index (χ4n) is 8.04. The van der Waals surface area contributed by atoms with Gasteiger partial charge in [0.1, 0.15) is 17.8 Å². The van der Waals surface area contributed by atoms with Gasteiger partial charge >= 0.3 is 41.8 Å². The van der Waals surface area contributed by atoms with E-state index in [1.165, 1.54) is 26.0 Å². The van der Waals surface area contributed by atoms with Gasteiger partial charge in [-0.1, -0.05) is 47.3 Å². The van der Waals surface area contributed by atoms with E-state index < -0.39 is 119 Å². The van der Waals surface area contributed by atoms with E-state index in [4.69, 9.17) is 49.5 Å². The molecule has 4 aliphatic rings. The van der Waals surface area contributed by atoms with E-state index in [0.29, 0.717) is 0 Å². The second-order valence-electron chi connectivity index (χ2n) is 15.7. The summed E-state index contributed by atoms with van der Waals surface area (Å²) in [7, 11) is 0. The van der Waals surface area contributed by atoms with Crippen molar-refractivity contribution < 1.29 is 76.6 Å². The van der Waals surface area contributed by atoms with Crippen LogP contribution in [0.5, 0.6) is 0 Å². The van der Waals surface area contributed by atoms with Crippen molar-refractivity contribution in [3.63, 3.8) is 0 Å². The van der Waals surface area contributed by atoms with Crippen LogP contribution in [-0.2, 0) is 71.5 Å². The maximum absolute atomic E-state index is 13.6. The average molecular weight is 799 g/mol. The highest BCUT2D eigenvalue weighted by atomic mass is 35.5. The molecule has 306 valence electrons. The van der Waals surface area contributed by atoms with Crippen LogP contribution >= 0.6 is 11.6 Å². The molecule has 2 heterocycles. The third-order valence-electron chi connectivity index (χ3n) is 10.5. The highest BCUT2D eigenvalue weighted by molar-refractivity contribution is 6.23. The molecule has 55 heavy (non-hydrogen) atoms. The third-order valence-corrected chi connectivity index (χ3v) is 11.0. The Balaban J connectivity index is 2.09. The van der Waals surface area contributed by atoms with Gasteiger partial charge in [-0.25, -0.2) is 4.79 Å². The van der Waals surface area contributed by atoms with Gasteiger partial charge in [-0.3, -0.25) is 28.8 Å². The Kier molecular flexibility index (Phi) is 13.2. The Morgan fingerprint density at radius 3 is 1.95 bits per heavy atom. The zero-order valence-electron chi connectivity index (χ0n) is 32.5. The fraction of sp³-hybridized carbons (Fsp3) is 0.711. The summed E-state index contributed by atoms with van der Waals surface area (Å²) in [6.07, 6.45) is -7.53. The normalized spacial score (nSPS) is 36.6. The number of carbonyl (C=O) groups excluding carboxylic acids is 7. The molecular weight excluding hydrogens is 748 g/mol. The summed E-state index contributed by atoms with van der Waals surface area (Å²) in [6.45, 7) is 15.9. The number of esters is 7. The molecule has 0 aromatic carbocycles. The van der Waals surface area contributed by atoms with Crippen molar-refractivity contribution in [1.29, 1.82) is 0 Å². The van der Waals surface area contributed by atoms with Crippen molar-refractivity contribution in [2.75, 3.05) is 13.2 Å². The number of epoxide rings is 1. The molecule has 0 bridgehead atoms. The molecule has 0 radical (unpaired) electrons. The molecule has 17 heteroatoms. The van der Waals surface area contributed by atoms with Crippen LogP contribution in [0, 0.1) is 29.1 Å². The Bertz CT molecular complexity index is 1600. The number of hydrogen-bond donors (Lipinski definition) is 1. The zero-order valence-corrected chi connectivity index (χ0v) is 33.2. The lowest BCUT2D eigenvalue weighted by Gasteiger charge is -2.59. The van der Waals surface area contributed by atoms with Crippen LogP contribution in [0.3, 0.4) is 0 Å². The molecule has 2 saturated heterocycles. The molecule has 1 spiro atoms. The maximum atomic E-state index is 13.6. The molecule has 1 N–H and O–H groups in total. The first-order chi connectivity index (χ1) is 25.5. The molecule has 0 aromatic rings.